The van der Waals surface area contributed by atoms with Crippen molar-refractivity contribution in [1.29, 1.82) is 0 Å². The first-order valence-corrected chi connectivity index (χ1v) is 3.00. The smallest absolute Gasteiger partial charge is 0.337 e. The molecule has 62 valence electrons. The number of nitrogens with two attached hydrogens (primary N) is 2. The fourth-order valence-corrected chi connectivity index (χ4v) is 0.770. The van der Waals surface area contributed by atoms with Crippen molar-refractivity contribution in [3.8, 4) is 0 Å². The molecule has 0 aliphatic rings. The van der Waals surface area contributed by atoms with E-state index in [1.165, 1.54) is 6.07 Å². The molecule has 0 aromatic heterocycles. The van der Waals surface area contributed by atoms with Crippen LogP contribution in [0.2, 0.25) is 0 Å². The Morgan fingerprint density at radius 3 is 2.33 bits per heavy atom. The first-order valence-electron chi connectivity index (χ1n) is 3.00. The largest absolute Gasteiger partial charge is 0.478 e. The Labute approximate surface area is 88.7 Å². The second-order valence-corrected chi connectivity index (χ2v) is 2.11. The molecule has 0 unspecified atom stereocenters. The second kappa shape index (κ2) is 4.26. The molecular formula is C7H8N2O2Zr. The van der Waals surface area contributed by atoms with Crippen molar-refractivity contribution in [2.24, 2.45) is 0 Å². The number of benzene rings is 1. The van der Waals surface area contributed by atoms with Gasteiger partial charge in [-0.3, -0.25) is 0 Å². The number of para-hydroxylation sites is 1. The predicted octanol–water partition coefficient (Wildman–Crippen LogP) is 0.547. The Hall–Kier alpha value is -0.827. The third kappa shape index (κ3) is 2.08. The summed E-state index contributed by atoms with van der Waals surface area (Å²) in [4.78, 5) is 10.4. The average molecular weight is 243 g/mol. The first kappa shape index (κ1) is 11.2. The van der Waals surface area contributed by atoms with Crippen LogP contribution in [-0.4, -0.2) is 11.1 Å². The van der Waals surface area contributed by atoms with Gasteiger partial charge in [0.25, 0.3) is 0 Å². The van der Waals surface area contributed by atoms with E-state index in [1.807, 2.05) is 0 Å². The summed E-state index contributed by atoms with van der Waals surface area (Å²) in [6.45, 7) is 0. The van der Waals surface area contributed by atoms with E-state index in [9.17, 15) is 4.79 Å². The summed E-state index contributed by atoms with van der Waals surface area (Å²) in [5.74, 6) is -1.06. The number of carbonyl (C=O) groups is 1. The SMILES string of the molecule is Nc1cccc(C(=O)O)c1N.[Zr]. The summed E-state index contributed by atoms with van der Waals surface area (Å²) in [5, 5.41) is 8.55. The van der Waals surface area contributed by atoms with Crippen molar-refractivity contribution in [2.75, 3.05) is 11.5 Å². The maximum absolute atomic E-state index is 10.4. The third-order valence-corrected chi connectivity index (χ3v) is 1.37. The number of carboxylic acid groups (broad SMARTS) is 1. The van der Waals surface area contributed by atoms with Crippen LogP contribution in [0.4, 0.5) is 11.4 Å². The van der Waals surface area contributed by atoms with Crippen LogP contribution in [-0.2, 0) is 26.2 Å². The molecule has 1 aromatic rings. The van der Waals surface area contributed by atoms with Crippen LogP contribution >= 0.6 is 0 Å². The van der Waals surface area contributed by atoms with E-state index < -0.39 is 5.97 Å². The fourth-order valence-electron chi connectivity index (χ4n) is 0.770. The standard InChI is InChI=1S/C7H8N2O2.Zr/c8-5-3-1-2-4(6(5)9)7(10)11;/h1-3H,8-9H2,(H,10,11);. The molecule has 0 amide bonds. The molecular weight excluding hydrogens is 235 g/mol. The van der Waals surface area contributed by atoms with Crippen molar-refractivity contribution in [3.05, 3.63) is 23.8 Å². The first-order chi connectivity index (χ1) is 5.13. The van der Waals surface area contributed by atoms with Gasteiger partial charge in [-0.2, -0.15) is 0 Å². The van der Waals surface area contributed by atoms with Crippen LogP contribution < -0.4 is 11.5 Å². The van der Waals surface area contributed by atoms with Gasteiger partial charge in [0.1, 0.15) is 0 Å². The molecule has 1 aromatic carbocycles. The Morgan fingerprint density at radius 1 is 1.33 bits per heavy atom. The topological polar surface area (TPSA) is 89.3 Å². The van der Waals surface area contributed by atoms with Crippen molar-refractivity contribution in [3.63, 3.8) is 0 Å². The molecule has 0 saturated carbocycles. The van der Waals surface area contributed by atoms with Crippen LogP contribution in [0.3, 0.4) is 0 Å². The van der Waals surface area contributed by atoms with E-state index in [2.05, 4.69) is 0 Å². The monoisotopic (exact) mass is 242 g/mol. The Bertz CT molecular complexity index is 301. The van der Waals surface area contributed by atoms with Gasteiger partial charge in [-0.1, -0.05) is 6.07 Å². The Balaban J connectivity index is 0.00000121. The van der Waals surface area contributed by atoms with Gasteiger partial charge in [0.15, 0.2) is 0 Å². The molecule has 0 bridgehead atoms. The van der Waals surface area contributed by atoms with E-state index in [4.69, 9.17) is 16.6 Å². The molecule has 5 heteroatoms. The molecule has 0 atom stereocenters. The molecule has 0 aliphatic heterocycles. The van der Waals surface area contributed by atoms with E-state index >= 15 is 0 Å². The molecule has 0 saturated heterocycles. The Kier molecular flexibility index (Phi) is 3.97. The number of nitrogen functional groups attached to an aromatic ring is 2. The number of hydrogen-bond acceptors (Lipinski definition) is 3. The van der Waals surface area contributed by atoms with Gasteiger partial charge in [0.2, 0.25) is 0 Å². The summed E-state index contributed by atoms with van der Waals surface area (Å²) in [6.07, 6.45) is 0. The maximum Gasteiger partial charge on any atom is 0.337 e. The van der Waals surface area contributed by atoms with Crippen LogP contribution in [0.1, 0.15) is 10.4 Å². The summed E-state index contributed by atoms with van der Waals surface area (Å²) in [6, 6.07) is 4.52. The zero-order valence-electron chi connectivity index (χ0n) is 6.24. The molecule has 0 heterocycles. The number of anilines is 2. The van der Waals surface area contributed by atoms with Gasteiger partial charge >= 0.3 is 5.97 Å². The molecule has 0 spiro atoms. The number of aromatic carboxylic acids is 1. The van der Waals surface area contributed by atoms with Crippen LogP contribution in [0, 0.1) is 0 Å². The van der Waals surface area contributed by atoms with Crippen molar-refractivity contribution in [1.82, 2.24) is 0 Å². The van der Waals surface area contributed by atoms with Gasteiger partial charge in [-0.15, -0.1) is 0 Å². The number of rotatable bonds is 1. The molecule has 1 rings (SSSR count). The summed E-state index contributed by atoms with van der Waals surface area (Å²) in [5.41, 5.74) is 11.2. The second-order valence-electron chi connectivity index (χ2n) is 2.11. The normalized spacial score (nSPS) is 8.67. The van der Waals surface area contributed by atoms with Gasteiger partial charge in [-0.25, -0.2) is 4.79 Å². The maximum atomic E-state index is 10.4. The van der Waals surface area contributed by atoms with E-state index in [0.717, 1.165) is 0 Å². The minimum Gasteiger partial charge on any atom is -0.478 e. The molecule has 0 aliphatic carbocycles. The van der Waals surface area contributed by atoms with Crippen LogP contribution in [0.5, 0.6) is 0 Å². The summed E-state index contributed by atoms with van der Waals surface area (Å²) < 4.78 is 0. The van der Waals surface area contributed by atoms with Crippen LogP contribution in [0.25, 0.3) is 0 Å². The van der Waals surface area contributed by atoms with Gasteiger partial charge < -0.3 is 16.6 Å². The zero-order valence-corrected chi connectivity index (χ0v) is 8.70. The molecule has 0 fully saturated rings. The summed E-state index contributed by atoms with van der Waals surface area (Å²) in [7, 11) is 0. The minimum atomic E-state index is -1.06. The molecule has 12 heavy (non-hydrogen) atoms. The minimum absolute atomic E-state index is 0. The Morgan fingerprint density at radius 2 is 1.92 bits per heavy atom. The molecule has 5 N–H and O–H groups in total. The van der Waals surface area contributed by atoms with Gasteiger partial charge in [-0.05, 0) is 12.1 Å². The summed E-state index contributed by atoms with van der Waals surface area (Å²) >= 11 is 0. The van der Waals surface area contributed by atoms with E-state index in [1.54, 1.807) is 12.1 Å². The van der Waals surface area contributed by atoms with E-state index in [0.29, 0.717) is 5.69 Å². The zero-order chi connectivity index (χ0) is 8.43. The van der Waals surface area contributed by atoms with Crippen molar-refractivity contribution in [2.45, 2.75) is 0 Å². The molecule has 0 radical (unpaired) electrons. The number of carboxylic acids is 1. The van der Waals surface area contributed by atoms with Crippen LogP contribution in [0.15, 0.2) is 18.2 Å². The van der Waals surface area contributed by atoms with Gasteiger partial charge in [0, 0.05) is 26.2 Å². The molecule has 4 nitrogen and oxygen atoms in total. The third-order valence-electron chi connectivity index (χ3n) is 1.37. The quantitative estimate of drug-likeness (QED) is 0.628. The average Bonchev–Trinajstić information content (AvgIpc) is 1.94. The van der Waals surface area contributed by atoms with Crippen molar-refractivity contribution < 1.29 is 36.1 Å². The van der Waals surface area contributed by atoms with E-state index in [-0.39, 0.29) is 37.5 Å². The predicted molar refractivity (Wildman–Crippen MR) is 42.2 cm³/mol. The number of hydrogen-bond donors (Lipinski definition) is 3. The fraction of sp³-hybridized carbons (Fsp3) is 0. The van der Waals surface area contributed by atoms with Crippen molar-refractivity contribution >= 4 is 17.3 Å². The van der Waals surface area contributed by atoms with Gasteiger partial charge in [0.05, 0.1) is 16.9 Å².